The van der Waals surface area contributed by atoms with Crippen molar-refractivity contribution in [3.8, 4) is 0 Å². The van der Waals surface area contributed by atoms with Crippen LogP contribution in [0.1, 0.15) is 32.6 Å². The van der Waals surface area contributed by atoms with E-state index in [0.717, 1.165) is 24.3 Å². The summed E-state index contributed by atoms with van der Waals surface area (Å²) in [5.41, 5.74) is 1.88. The normalized spacial score (nSPS) is 19.2. The molecule has 1 amide bonds. The molecular formula is C15H19NO2. The van der Waals surface area contributed by atoms with Gasteiger partial charge in [-0.15, -0.1) is 0 Å². The van der Waals surface area contributed by atoms with Crippen LogP contribution in [0.4, 0.5) is 5.69 Å². The first-order valence-corrected chi connectivity index (χ1v) is 6.41. The Morgan fingerprint density at radius 1 is 1.39 bits per heavy atom. The molecule has 1 unspecified atom stereocenters. The Hall–Kier alpha value is -1.61. The van der Waals surface area contributed by atoms with Gasteiger partial charge in [0.1, 0.15) is 0 Å². The second-order valence-electron chi connectivity index (χ2n) is 4.91. The highest BCUT2D eigenvalue weighted by atomic mass is 16.5. The summed E-state index contributed by atoms with van der Waals surface area (Å²) in [7, 11) is 0. The molecule has 0 radical (unpaired) electrons. The van der Waals surface area contributed by atoms with Crippen molar-refractivity contribution >= 4 is 11.6 Å². The van der Waals surface area contributed by atoms with E-state index in [2.05, 4.69) is 13.0 Å². The van der Waals surface area contributed by atoms with Gasteiger partial charge in [-0.1, -0.05) is 29.8 Å². The Kier molecular flexibility index (Phi) is 4.15. The maximum Gasteiger partial charge on any atom is 0.251 e. The largest absolute Gasteiger partial charge is 0.281 e. The molecule has 3 nitrogen and oxygen atoms in total. The highest BCUT2D eigenvalue weighted by Gasteiger charge is 2.19. The number of amides is 1. The lowest BCUT2D eigenvalue weighted by atomic mass is 9.89. The van der Waals surface area contributed by atoms with Gasteiger partial charge in [0, 0.05) is 6.42 Å². The van der Waals surface area contributed by atoms with Crippen molar-refractivity contribution in [2.75, 3.05) is 5.06 Å². The van der Waals surface area contributed by atoms with Crippen molar-refractivity contribution in [1.29, 1.82) is 0 Å². The van der Waals surface area contributed by atoms with Crippen LogP contribution in [0.25, 0.3) is 0 Å². The number of benzene rings is 1. The summed E-state index contributed by atoms with van der Waals surface area (Å²) in [5.74, 6) is 0.0294. The average Bonchev–Trinajstić information content (AvgIpc) is 2.39. The van der Waals surface area contributed by atoms with E-state index in [0.29, 0.717) is 12.1 Å². The highest BCUT2D eigenvalue weighted by molar-refractivity contribution is 5.91. The fourth-order valence-corrected chi connectivity index (χ4v) is 2.40. The molecule has 96 valence electrons. The zero-order chi connectivity index (χ0) is 13.0. The Bertz CT molecular complexity index is 439. The third-order valence-electron chi connectivity index (χ3n) is 3.34. The molecule has 1 aliphatic carbocycles. The second-order valence-corrected chi connectivity index (χ2v) is 4.91. The summed E-state index contributed by atoms with van der Waals surface area (Å²) < 4.78 is 0. The van der Waals surface area contributed by atoms with Gasteiger partial charge in [0.2, 0.25) is 0 Å². The Labute approximate surface area is 108 Å². The van der Waals surface area contributed by atoms with Crippen LogP contribution in [-0.4, -0.2) is 11.1 Å². The molecule has 0 saturated heterocycles. The summed E-state index contributed by atoms with van der Waals surface area (Å²) in [6.45, 7) is 2.10. The SMILES string of the molecule is CC1=CC(CC(=O)N(O)c2ccccc2)CCC1. The zero-order valence-corrected chi connectivity index (χ0v) is 10.7. The molecule has 1 atom stereocenters. The van der Waals surface area contributed by atoms with E-state index in [9.17, 15) is 10.0 Å². The van der Waals surface area contributed by atoms with Crippen LogP contribution >= 0.6 is 0 Å². The number of carbonyl (C=O) groups is 1. The Morgan fingerprint density at radius 2 is 2.11 bits per heavy atom. The van der Waals surface area contributed by atoms with Crippen LogP contribution in [0.3, 0.4) is 0 Å². The molecule has 18 heavy (non-hydrogen) atoms. The summed E-state index contributed by atoms with van der Waals surface area (Å²) in [6, 6.07) is 8.90. The molecule has 0 heterocycles. The summed E-state index contributed by atoms with van der Waals surface area (Å²) >= 11 is 0. The molecule has 0 saturated carbocycles. The van der Waals surface area contributed by atoms with Crippen molar-refractivity contribution in [3.05, 3.63) is 42.0 Å². The van der Waals surface area contributed by atoms with Crippen molar-refractivity contribution in [1.82, 2.24) is 0 Å². The lowest BCUT2D eigenvalue weighted by Gasteiger charge is -2.21. The van der Waals surface area contributed by atoms with Crippen molar-refractivity contribution < 1.29 is 10.0 Å². The Morgan fingerprint density at radius 3 is 2.78 bits per heavy atom. The molecule has 0 aromatic heterocycles. The maximum atomic E-state index is 12.0. The number of hydroxylamine groups is 1. The topological polar surface area (TPSA) is 40.5 Å². The van der Waals surface area contributed by atoms with Gasteiger partial charge in [0.15, 0.2) is 0 Å². The van der Waals surface area contributed by atoms with Gasteiger partial charge in [0.25, 0.3) is 5.91 Å². The predicted octanol–water partition coefficient (Wildman–Crippen LogP) is 3.55. The number of carbonyl (C=O) groups excluding carboxylic acids is 1. The molecule has 0 aliphatic heterocycles. The van der Waals surface area contributed by atoms with E-state index in [1.165, 1.54) is 5.57 Å². The van der Waals surface area contributed by atoms with E-state index in [1.54, 1.807) is 24.3 Å². The molecular weight excluding hydrogens is 226 g/mol. The molecule has 1 aromatic rings. The number of para-hydroxylation sites is 1. The van der Waals surface area contributed by atoms with Crippen LogP contribution in [0, 0.1) is 5.92 Å². The second kappa shape index (κ2) is 5.83. The van der Waals surface area contributed by atoms with Crippen molar-refractivity contribution in [2.45, 2.75) is 32.6 Å². The molecule has 0 bridgehead atoms. The van der Waals surface area contributed by atoms with E-state index >= 15 is 0 Å². The molecule has 1 aliphatic rings. The van der Waals surface area contributed by atoms with Gasteiger partial charge in [-0.05, 0) is 44.2 Å². The minimum atomic E-state index is -0.239. The van der Waals surface area contributed by atoms with Gasteiger partial charge in [-0.25, -0.2) is 0 Å². The Balaban J connectivity index is 1.98. The van der Waals surface area contributed by atoms with Crippen molar-refractivity contribution in [3.63, 3.8) is 0 Å². The smallest absolute Gasteiger partial charge is 0.251 e. The molecule has 2 rings (SSSR count). The fourth-order valence-electron chi connectivity index (χ4n) is 2.40. The van der Waals surface area contributed by atoms with E-state index in [1.807, 2.05) is 6.07 Å². The third-order valence-corrected chi connectivity index (χ3v) is 3.34. The monoisotopic (exact) mass is 245 g/mol. The number of nitrogens with zero attached hydrogens (tertiary/aromatic N) is 1. The lowest BCUT2D eigenvalue weighted by Crippen LogP contribution is -2.28. The highest BCUT2D eigenvalue weighted by Crippen LogP contribution is 2.26. The number of rotatable bonds is 3. The standard InChI is InChI=1S/C15H19NO2/c1-12-6-5-7-13(10-12)11-15(17)16(18)14-8-3-2-4-9-14/h2-4,8-10,13,18H,5-7,11H2,1H3. The van der Waals surface area contributed by atoms with E-state index in [-0.39, 0.29) is 11.8 Å². The maximum absolute atomic E-state index is 12.0. The van der Waals surface area contributed by atoms with Crippen LogP contribution in [0.2, 0.25) is 0 Å². The molecule has 0 fully saturated rings. The van der Waals surface area contributed by atoms with Crippen LogP contribution < -0.4 is 5.06 Å². The van der Waals surface area contributed by atoms with Crippen LogP contribution in [0.5, 0.6) is 0 Å². The molecule has 0 spiro atoms. The quantitative estimate of drug-likeness (QED) is 0.502. The van der Waals surface area contributed by atoms with Gasteiger partial charge in [0.05, 0.1) is 5.69 Å². The summed E-state index contributed by atoms with van der Waals surface area (Å²) in [5, 5.41) is 10.6. The first-order chi connectivity index (χ1) is 8.66. The summed E-state index contributed by atoms with van der Waals surface area (Å²) in [4.78, 5) is 12.0. The fraction of sp³-hybridized carbons (Fsp3) is 0.400. The van der Waals surface area contributed by atoms with Gasteiger partial charge < -0.3 is 0 Å². The van der Waals surface area contributed by atoms with E-state index in [4.69, 9.17) is 0 Å². The van der Waals surface area contributed by atoms with Gasteiger partial charge in [-0.2, -0.15) is 5.06 Å². The van der Waals surface area contributed by atoms with E-state index < -0.39 is 0 Å². The minimum absolute atomic E-state index is 0.239. The van der Waals surface area contributed by atoms with Gasteiger partial charge >= 0.3 is 0 Å². The van der Waals surface area contributed by atoms with Crippen LogP contribution in [-0.2, 0) is 4.79 Å². The van der Waals surface area contributed by atoms with Gasteiger partial charge in [-0.3, -0.25) is 10.0 Å². The lowest BCUT2D eigenvalue weighted by molar-refractivity contribution is -0.124. The first kappa shape index (κ1) is 12.8. The molecule has 3 heteroatoms. The minimum Gasteiger partial charge on any atom is -0.281 e. The predicted molar refractivity (Wildman–Crippen MR) is 71.4 cm³/mol. The first-order valence-electron chi connectivity index (χ1n) is 6.41. The van der Waals surface area contributed by atoms with Crippen LogP contribution in [0.15, 0.2) is 42.0 Å². The average molecular weight is 245 g/mol. The molecule has 1 aromatic carbocycles. The number of allylic oxidation sites excluding steroid dienone is 2. The zero-order valence-electron chi connectivity index (χ0n) is 10.7. The van der Waals surface area contributed by atoms with Crippen molar-refractivity contribution in [2.24, 2.45) is 5.92 Å². The summed E-state index contributed by atoms with van der Waals surface area (Å²) in [6.07, 6.45) is 5.85. The third kappa shape index (κ3) is 3.20. The number of hydrogen-bond acceptors (Lipinski definition) is 2. The number of anilines is 1. The molecule has 1 N–H and O–H groups in total. The number of hydrogen-bond donors (Lipinski definition) is 1.